The number of nitrogens with one attached hydrogen (secondary N) is 1. The molecule has 0 bridgehead atoms. The van der Waals surface area contributed by atoms with Gasteiger partial charge in [0.15, 0.2) is 11.5 Å². The van der Waals surface area contributed by atoms with Crippen molar-refractivity contribution in [2.75, 3.05) is 36.9 Å². The number of fused-ring (bicyclic) bond motifs is 1. The molecule has 0 aliphatic carbocycles. The first kappa shape index (κ1) is 24.4. The summed E-state index contributed by atoms with van der Waals surface area (Å²) in [5.41, 5.74) is 2.74. The van der Waals surface area contributed by atoms with Crippen molar-refractivity contribution in [3.8, 4) is 17.2 Å². The molecule has 9 heteroatoms. The number of carbonyl (C=O) groups excluding carboxylic acids is 1. The van der Waals surface area contributed by atoms with Crippen molar-refractivity contribution in [1.29, 1.82) is 0 Å². The fourth-order valence-corrected chi connectivity index (χ4v) is 4.54. The van der Waals surface area contributed by atoms with Crippen LogP contribution in [0.4, 0.5) is 5.69 Å². The Bertz CT molecular complexity index is 1290. The minimum Gasteiger partial charge on any atom is -0.491 e. The summed E-state index contributed by atoms with van der Waals surface area (Å²) in [6, 6.07) is 19.6. The van der Waals surface area contributed by atoms with Gasteiger partial charge in [0, 0.05) is 11.6 Å². The van der Waals surface area contributed by atoms with Gasteiger partial charge in [-0.1, -0.05) is 30.3 Å². The monoisotopic (exact) mass is 496 g/mol. The quantitative estimate of drug-likeness (QED) is 0.456. The Hall–Kier alpha value is -3.72. The third-order valence-corrected chi connectivity index (χ3v) is 6.64. The van der Waals surface area contributed by atoms with Crippen molar-refractivity contribution in [2.45, 2.75) is 13.5 Å². The lowest BCUT2D eigenvalue weighted by molar-refractivity contribution is 0.0947. The standard InChI is InChI=1S/C26H28N2O6S/c1-19-5-3-4-6-23(19)32-14-13-27-26(29)21-9-7-20(8-10-21)18-28(35(2,30)31)22-11-12-24-25(17-22)34-16-15-33-24/h3-12,17H,13-16,18H2,1-2H3,(H,27,29). The number of para-hydroxylation sites is 1. The van der Waals surface area contributed by atoms with Gasteiger partial charge in [0.1, 0.15) is 25.6 Å². The van der Waals surface area contributed by atoms with Crippen molar-refractivity contribution in [3.05, 3.63) is 83.4 Å². The zero-order chi connectivity index (χ0) is 24.8. The van der Waals surface area contributed by atoms with E-state index in [1.807, 2.05) is 31.2 Å². The van der Waals surface area contributed by atoms with Crippen molar-refractivity contribution in [3.63, 3.8) is 0 Å². The molecule has 3 aromatic carbocycles. The molecule has 0 saturated heterocycles. The van der Waals surface area contributed by atoms with Crippen LogP contribution < -0.4 is 23.8 Å². The number of nitrogens with zero attached hydrogens (tertiary/aromatic N) is 1. The minimum absolute atomic E-state index is 0.116. The summed E-state index contributed by atoms with van der Waals surface area (Å²) in [5.74, 6) is 1.67. The first-order valence-electron chi connectivity index (χ1n) is 11.2. The van der Waals surface area contributed by atoms with E-state index in [9.17, 15) is 13.2 Å². The number of hydrogen-bond donors (Lipinski definition) is 1. The Kier molecular flexibility index (Phi) is 7.45. The van der Waals surface area contributed by atoms with Crippen LogP contribution in [0.5, 0.6) is 17.2 Å². The number of aryl methyl sites for hydroxylation is 1. The number of benzene rings is 3. The summed E-state index contributed by atoms with van der Waals surface area (Å²) in [6.07, 6.45) is 1.16. The molecule has 8 nitrogen and oxygen atoms in total. The number of ether oxygens (including phenoxy) is 3. The normalized spacial score (nSPS) is 12.6. The van der Waals surface area contributed by atoms with Crippen LogP contribution in [0.15, 0.2) is 66.7 Å². The molecule has 0 unspecified atom stereocenters. The molecular weight excluding hydrogens is 468 g/mol. The number of amides is 1. The highest BCUT2D eigenvalue weighted by molar-refractivity contribution is 7.92. The maximum atomic E-state index is 12.5. The molecule has 1 N–H and O–H groups in total. The van der Waals surface area contributed by atoms with E-state index in [0.29, 0.717) is 49.1 Å². The van der Waals surface area contributed by atoms with E-state index < -0.39 is 10.0 Å². The summed E-state index contributed by atoms with van der Waals surface area (Å²) in [5, 5.41) is 2.83. The molecule has 0 fully saturated rings. The van der Waals surface area contributed by atoms with Gasteiger partial charge in [0.25, 0.3) is 5.91 Å². The zero-order valence-electron chi connectivity index (χ0n) is 19.7. The first-order chi connectivity index (χ1) is 16.8. The van der Waals surface area contributed by atoms with Gasteiger partial charge >= 0.3 is 0 Å². The number of sulfonamides is 1. The lowest BCUT2D eigenvalue weighted by atomic mass is 10.1. The van der Waals surface area contributed by atoms with E-state index in [1.165, 1.54) is 4.31 Å². The zero-order valence-corrected chi connectivity index (χ0v) is 20.5. The van der Waals surface area contributed by atoms with Crippen LogP contribution >= 0.6 is 0 Å². The molecule has 0 aromatic heterocycles. The summed E-state index contributed by atoms with van der Waals surface area (Å²) in [7, 11) is -3.57. The second kappa shape index (κ2) is 10.7. The molecule has 0 radical (unpaired) electrons. The van der Waals surface area contributed by atoms with Crippen LogP contribution in [0, 0.1) is 6.92 Å². The second-order valence-electron chi connectivity index (χ2n) is 8.16. The Morgan fingerprint density at radius 1 is 1.00 bits per heavy atom. The minimum atomic E-state index is -3.57. The Morgan fingerprint density at radius 3 is 2.43 bits per heavy atom. The molecule has 184 valence electrons. The number of hydrogen-bond acceptors (Lipinski definition) is 6. The van der Waals surface area contributed by atoms with Crippen molar-refractivity contribution in [2.24, 2.45) is 0 Å². The molecule has 0 atom stereocenters. The molecule has 1 amide bonds. The number of anilines is 1. The van der Waals surface area contributed by atoms with Crippen molar-refractivity contribution in [1.82, 2.24) is 5.32 Å². The molecule has 0 spiro atoms. The van der Waals surface area contributed by atoms with Crippen LogP contribution in [0.25, 0.3) is 0 Å². The van der Waals surface area contributed by atoms with Gasteiger partial charge in [-0.15, -0.1) is 0 Å². The van der Waals surface area contributed by atoms with Gasteiger partial charge in [-0.3, -0.25) is 9.10 Å². The fraction of sp³-hybridized carbons (Fsp3) is 0.269. The molecule has 35 heavy (non-hydrogen) atoms. The van der Waals surface area contributed by atoms with E-state index in [-0.39, 0.29) is 12.5 Å². The van der Waals surface area contributed by atoms with Crippen LogP contribution in [0.1, 0.15) is 21.5 Å². The second-order valence-corrected chi connectivity index (χ2v) is 10.1. The predicted molar refractivity (Wildman–Crippen MR) is 134 cm³/mol. The van der Waals surface area contributed by atoms with Crippen LogP contribution in [0.3, 0.4) is 0 Å². The predicted octanol–water partition coefficient (Wildman–Crippen LogP) is 3.54. The van der Waals surface area contributed by atoms with Gasteiger partial charge in [-0.25, -0.2) is 8.42 Å². The summed E-state index contributed by atoms with van der Waals surface area (Å²) in [6.45, 7) is 3.67. The third-order valence-electron chi connectivity index (χ3n) is 5.50. The molecule has 3 aromatic rings. The lowest BCUT2D eigenvalue weighted by Gasteiger charge is -2.25. The summed E-state index contributed by atoms with van der Waals surface area (Å²) >= 11 is 0. The van der Waals surface area contributed by atoms with Gasteiger partial charge in [-0.2, -0.15) is 0 Å². The van der Waals surface area contributed by atoms with Crippen molar-refractivity contribution >= 4 is 21.6 Å². The van der Waals surface area contributed by atoms with E-state index in [0.717, 1.165) is 23.1 Å². The smallest absolute Gasteiger partial charge is 0.251 e. The highest BCUT2D eigenvalue weighted by atomic mass is 32.2. The number of rotatable bonds is 9. The van der Waals surface area contributed by atoms with Gasteiger partial charge in [0.05, 0.1) is 25.0 Å². The largest absolute Gasteiger partial charge is 0.491 e. The Morgan fingerprint density at radius 2 is 1.71 bits per heavy atom. The maximum Gasteiger partial charge on any atom is 0.251 e. The highest BCUT2D eigenvalue weighted by Gasteiger charge is 2.21. The molecule has 0 saturated carbocycles. The average molecular weight is 497 g/mol. The molecule has 4 rings (SSSR count). The highest BCUT2D eigenvalue weighted by Crippen LogP contribution is 2.35. The van der Waals surface area contributed by atoms with Crippen LogP contribution in [-0.4, -0.2) is 46.9 Å². The maximum absolute atomic E-state index is 12.5. The summed E-state index contributed by atoms with van der Waals surface area (Å²) < 4.78 is 43.2. The van der Waals surface area contributed by atoms with E-state index >= 15 is 0 Å². The van der Waals surface area contributed by atoms with E-state index in [4.69, 9.17) is 14.2 Å². The molecule has 1 aliphatic heterocycles. The van der Waals surface area contributed by atoms with E-state index in [1.54, 1.807) is 42.5 Å². The fourth-order valence-electron chi connectivity index (χ4n) is 3.66. The molecular formula is C26H28N2O6S. The lowest BCUT2D eigenvalue weighted by Crippen LogP contribution is -2.30. The average Bonchev–Trinajstić information content (AvgIpc) is 2.85. The van der Waals surface area contributed by atoms with Gasteiger partial charge in [-0.05, 0) is 48.4 Å². The molecule has 1 heterocycles. The first-order valence-corrected chi connectivity index (χ1v) is 13.1. The van der Waals surface area contributed by atoms with E-state index in [2.05, 4.69) is 5.32 Å². The Labute approximate surface area is 205 Å². The van der Waals surface area contributed by atoms with Crippen LogP contribution in [0.2, 0.25) is 0 Å². The van der Waals surface area contributed by atoms with Crippen molar-refractivity contribution < 1.29 is 27.4 Å². The Balaban J connectivity index is 1.37. The van der Waals surface area contributed by atoms with Crippen LogP contribution in [-0.2, 0) is 16.6 Å². The SMILES string of the molecule is Cc1ccccc1OCCNC(=O)c1ccc(CN(c2ccc3c(c2)OCCO3)S(C)(=O)=O)cc1. The molecule has 1 aliphatic rings. The topological polar surface area (TPSA) is 94.2 Å². The third kappa shape index (κ3) is 6.24. The summed E-state index contributed by atoms with van der Waals surface area (Å²) in [4.78, 5) is 12.5. The number of carbonyl (C=O) groups is 1. The van der Waals surface area contributed by atoms with Gasteiger partial charge in [0.2, 0.25) is 10.0 Å². The van der Waals surface area contributed by atoms with Gasteiger partial charge < -0.3 is 19.5 Å².